The minimum absolute atomic E-state index is 0.168. The summed E-state index contributed by atoms with van der Waals surface area (Å²) in [5.41, 5.74) is 1.84. The molecule has 0 unspecified atom stereocenters. The number of aromatic nitrogens is 1. The van der Waals surface area contributed by atoms with Crippen molar-refractivity contribution in [2.75, 3.05) is 6.54 Å². The van der Waals surface area contributed by atoms with Gasteiger partial charge in [-0.25, -0.2) is 0 Å². The molecule has 0 aliphatic heterocycles. The highest BCUT2D eigenvalue weighted by Gasteiger charge is 2.25. The predicted molar refractivity (Wildman–Crippen MR) is 73.4 cm³/mol. The molecule has 0 saturated carbocycles. The van der Waals surface area contributed by atoms with Crippen molar-refractivity contribution in [2.24, 2.45) is 0 Å². The Morgan fingerprint density at radius 2 is 1.80 bits per heavy atom. The van der Waals surface area contributed by atoms with E-state index in [0.29, 0.717) is 19.5 Å². The fourth-order valence-corrected chi connectivity index (χ4v) is 2.00. The first-order valence-corrected chi connectivity index (χ1v) is 6.67. The molecule has 5 heteroatoms. The number of rotatable bonds is 6. The molecular formula is C15H17F3N2. The summed E-state index contributed by atoms with van der Waals surface area (Å²) < 4.78 is 35.8. The molecule has 0 amide bonds. The van der Waals surface area contributed by atoms with Crippen molar-refractivity contribution in [3.05, 3.63) is 42.1 Å². The number of fused-ring (bicyclic) bond motifs is 1. The van der Waals surface area contributed by atoms with Gasteiger partial charge in [-0.05, 0) is 31.5 Å². The molecule has 0 aliphatic carbocycles. The fraction of sp³-hybridized carbons (Fsp3) is 0.400. The average Bonchev–Trinajstić information content (AvgIpc) is 2.41. The molecule has 0 fully saturated rings. The van der Waals surface area contributed by atoms with Crippen molar-refractivity contribution in [1.82, 2.24) is 10.3 Å². The highest BCUT2D eigenvalue weighted by atomic mass is 19.4. The van der Waals surface area contributed by atoms with Gasteiger partial charge in [0.1, 0.15) is 0 Å². The van der Waals surface area contributed by atoms with E-state index in [4.69, 9.17) is 0 Å². The second-order valence-electron chi connectivity index (χ2n) is 4.74. The van der Waals surface area contributed by atoms with Gasteiger partial charge in [0, 0.05) is 18.4 Å². The minimum atomic E-state index is -4.04. The number of pyridine rings is 1. The van der Waals surface area contributed by atoms with Gasteiger partial charge in [-0.1, -0.05) is 24.3 Å². The zero-order valence-electron chi connectivity index (χ0n) is 11.1. The lowest BCUT2D eigenvalue weighted by Crippen LogP contribution is -2.16. The molecule has 0 spiro atoms. The number of unbranched alkanes of at least 4 members (excludes halogenated alkanes) is 1. The van der Waals surface area contributed by atoms with Crippen LogP contribution in [0.15, 0.2) is 36.4 Å². The van der Waals surface area contributed by atoms with Crippen LogP contribution in [0.5, 0.6) is 0 Å². The molecule has 0 radical (unpaired) electrons. The second-order valence-corrected chi connectivity index (χ2v) is 4.74. The zero-order valence-corrected chi connectivity index (χ0v) is 11.1. The quantitative estimate of drug-likeness (QED) is 0.808. The van der Waals surface area contributed by atoms with Gasteiger partial charge in [0.15, 0.2) is 0 Å². The van der Waals surface area contributed by atoms with Gasteiger partial charge in [-0.2, -0.15) is 13.2 Å². The van der Waals surface area contributed by atoms with E-state index >= 15 is 0 Å². The minimum Gasteiger partial charge on any atom is -0.311 e. The van der Waals surface area contributed by atoms with Crippen LogP contribution in [0.4, 0.5) is 13.2 Å². The number of hydrogen-bond acceptors (Lipinski definition) is 2. The standard InChI is InChI=1S/C15H17F3N2/c16-15(17,18)9-3-4-10-19-11-13-8-7-12-5-1-2-6-14(12)20-13/h1-2,5-8,19H,3-4,9-11H2. The number of nitrogens with one attached hydrogen (secondary N) is 1. The van der Waals surface area contributed by atoms with Crippen molar-refractivity contribution in [2.45, 2.75) is 32.0 Å². The third-order valence-corrected chi connectivity index (χ3v) is 3.03. The Kier molecular flexibility index (Phi) is 4.95. The summed E-state index contributed by atoms with van der Waals surface area (Å²) in [4.78, 5) is 4.49. The maximum absolute atomic E-state index is 11.9. The van der Waals surface area contributed by atoms with Crippen LogP contribution >= 0.6 is 0 Å². The molecule has 1 heterocycles. The van der Waals surface area contributed by atoms with E-state index in [1.54, 1.807) is 0 Å². The van der Waals surface area contributed by atoms with Gasteiger partial charge in [-0.15, -0.1) is 0 Å². The Labute approximate surface area is 116 Å². The van der Waals surface area contributed by atoms with Gasteiger partial charge in [0.25, 0.3) is 0 Å². The third-order valence-electron chi connectivity index (χ3n) is 3.03. The van der Waals surface area contributed by atoms with E-state index < -0.39 is 12.6 Å². The molecule has 20 heavy (non-hydrogen) atoms. The summed E-state index contributed by atoms with van der Waals surface area (Å²) in [5.74, 6) is 0. The Morgan fingerprint density at radius 1 is 1.00 bits per heavy atom. The molecule has 2 rings (SSSR count). The molecule has 1 aromatic carbocycles. The molecule has 1 N–H and O–H groups in total. The van der Waals surface area contributed by atoms with Crippen LogP contribution in [0, 0.1) is 0 Å². The van der Waals surface area contributed by atoms with Gasteiger partial charge in [0.05, 0.1) is 11.2 Å². The molecule has 0 bridgehead atoms. The predicted octanol–water partition coefficient (Wildman–Crippen LogP) is 4.06. The van der Waals surface area contributed by atoms with Gasteiger partial charge >= 0.3 is 6.18 Å². The van der Waals surface area contributed by atoms with Gasteiger partial charge < -0.3 is 5.32 Å². The average molecular weight is 282 g/mol. The van der Waals surface area contributed by atoms with Crippen LogP contribution < -0.4 is 5.32 Å². The van der Waals surface area contributed by atoms with Gasteiger partial charge in [-0.3, -0.25) is 4.98 Å². The smallest absolute Gasteiger partial charge is 0.311 e. The van der Waals surface area contributed by atoms with E-state index in [-0.39, 0.29) is 6.42 Å². The van der Waals surface area contributed by atoms with E-state index in [9.17, 15) is 13.2 Å². The number of benzene rings is 1. The first-order chi connectivity index (χ1) is 9.54. The van der Waals surface area contributed by atoms with E-state index in [2.05, 4.69) is 10.3 Å². The summed E-state index contributed by atoms with van der Waals surface area (Å²) in [6, 6.07) is 11.8. The van der Waals surface area contributed by atoms with Crippen LogP contribution in [0.2, 0.25) is 0 Å². The molecular weight excluding hydrogens is 265 g/mol. The van der Waals surface area contributed by atoms with Crippen molar-refractivity contribution in [3.63, 3.8) is 0 Å². The molecule has 108 valence electrons. The van der Waals surface area contributed by atoms with Crippen molar-refractivity contribution >= 4 is 10.9 Å². The normalized spacial score (nSPS) is 11.9. The lowest BCUT2D eigenvalue weighted by atomic mass is 10.2. The molecule has 0 atom stereocenters. The zero-order chi connectivity index (χ0) is 14.4. The number of halogens is 3. The van der Waals surface area contributed by atoms with E-state index in [1.165, 1.54) is 0 Å². The highest BCUT2D eigenvalue weighted by Crippen LogP contribution is 2.21. The van der Waals surface area contributed by atoms with Crippen LogP contribution in [0.25, 0.3) is 10.9 Å². The SMILES string of the molecule is FC(F)(F)CCCCNCc1ccc2ccccc2n1. The largest absolute Gasteiger partial charge is 0.389 e. The fourth-order valence-electron chi connectivity index (χ4n) is 2.00. The third kappa shape index (κ3) is 4.81. The van der Waals surface area contributed by atoms with Crippen molar-refractivity contribution in [3.8, 4) is 0 Å². The monoisotopic (exact) mass is 282 g/mol. The van der Waals surface area contributed by atoms with Crippen LogP contribution in [0.3, 0.4) is 0 Å². The van der Waals surface area contributed by atoms with Crippen LogP contribution in [-0.2, 0) is 6.54 Å². The Morgan fingerprint density at radius 3 is 2.60 bits per heavy atom. The van der Waals surface area contributed by atoms with Crippen LogP contribution in [-0.4, -0.2) is 17.7 Å². The lowest BCUT2D eigenvalue weighted by molar-refractivity contribution is -0.135. The Hall–Kier alpha value is -1.62. The van der Waals surface area contributed by atoms with Crippen molar-refractivity contribution < 1.29 is 13.2 Å². The Balaban J connectivity index is 1.73. The highest BCUT2D eigenvalue weighted by molar-refractivity contribution is 5.78. The number of nitrogens with zero attached hydrogens (tertiary/aromatic N) is 1. The molecule has 0 aliphatic rings. The topological polar surface area (TPSA) is 24.9 Å². The molecule has 2 aromatic rings. The summed E-state index contributed by atoms with van der Waals surface area (Å²) >= 11 is 0. The Bertz CT molecular complexity index is 552. The lowest BCUT2D eigenvalue weighted by Gasteiger charge is -2.07. The summed E-state index contributed by atoms with van der Waals surface area (Å²) in [6.07, 6.45) is -4.06. The second kappa shape index (κ2) is 6.70. The number of hydrogen-bond donors (Lipinski definition) is 1. The first kappa shape index (κ1) is 14.8. The number of alkyl halides is 3. The van der Waals surface area contributed by atoms with E-state index in [0.717, 1.165) is 16.6 Å². The number of para-hydroxylation sites is 1. The maximum Gasteiger partial charge on any atom is 0.389 e. The summed E-state index contributed by atoms with van der Waals surface area (Å²) in [5, 5.41) is 4.21. The molecule has 0 saturated heterocycles. The molecule has 2 nitrogen and oxygen atoms in total. The molecule has 1 aromatic heterocycles. The van der Waals surface area contributed by atoms with Crippen LogP contribution in [0.1, 0.15) is 25.0 Å². The summed E-state index contributed by atoms with van der Waals surface area (Å²) in [7, 11) is 0. The van der Waals surface area contributed by atoms with E-state index in [1.807, 2.05) is 36.4 Å². The summed E-state index contributed by atoms with van der Waals surface area (Å²) in [6.45, 7) is 1.15. The first-order valence-electron chi connectivity index (χ1n) is 6.67. The van der Waals surface area contributed by atoms with Crippen molar-refractivity contribution in [1.29, 1.82) is 0 Å². The maximum atomic E-state index is 11.9. The van der Waals surface area contributed by atoms with Gasteiger partial charge in [0.2, 0.25) is 0 Å².